The van der Waals surface area contributed by atoms with Crippen LogP contribution in [0.4, 0.5) is 0 Å². The molecule has 0 bridgehead atoms. The smallest absolute Gasteiger partial charge is 0.306 e. The van der Waals surface area contributed by atoms with Gasteiger partial charge in [0.25, 0.3) is 0 Å². The number of nitrogens with one attached hydrogen (secondary N) is 1. The summed E-state index contributed by atoms with van der Waals surface area (Å²) in [6, 6.07) is -0.701. The Bertz CT molecular complexity index is 946. The van der Waals surface area contributed by atoms with Crippen LogP contribution < -0.4 is 5.32 Å². The van der Waals surface area contributed by atoms with Crippen molar-refractivity contribution in [3.05, 3.63) is 36.5 Å². The van der Waals surface area contributed by atoms with Crippen molar-refractivity contribution >= 4 is 11.9 Å². The van der Waals surface area contributed by atoms with Crippen molar-refractivity contribution in [1.29, 1.82) is 0 Å². The number of esters is 1. The third kappa shape index (κ3) is 40.6. The van der Waals surface area contributed by atoms with Crippen molar-refractivity contribution < 1.29 is 24.5 Å². The Morgan fingerprint density at radius 1 is 0.526 bits per heavy atom. The molecule has 3 N–H and O–H groups in total. The summed E-state index contributed by atoms with van der Waals surface area (Å²) in [5.74, 6) is -0.489. The quantitative estimate of drug-likeness (QED) is 0.0324. The van der Waals surface area contributed by atoms with Crippen LogP contribution >= 0.6 is 0 Å². The van der Waals surface area contributed by atoms with Crippen LogP contribution in [0.3, 0.4) is 0 Å². The molecule has 6 heteroatoms. The van der Waals surface area contributed by atoms with Gasteiger partial charge in [-0.3, -0.25) is 9.59 Å². The molecule has 0 aliphatic heterocycles. The van der Waals surface area contributed by atoms with Gasteiger partial charge < -0.3 is 20.3 Å². The van der Waals surface area contributed by atoms with Crippen LogP contribution in [-0.4, -0.2) is 46.9 Å². The molecular formula is C51H95NO5. The molecule has 0 aromatic rings. The van der Waals surface area contributed by atoms with Gasteiger partial charge in [0.05, 0.1) is 25.2 Å². The van der Waals surface area contributed by atoms with Gasteiger partial charge in [0.2, 0.25) is 5.91 Å². The van der Waals surface area contributed by atoms with Crippen LogP contribution in [0.15, 0.2) is 36.5 Å². The lowest BCUT2D eigenvalue weighted by Gasteiger charge is -2.24. The zero-order valence-corrected chi connectivity index (χ0v) is 38.0. The summed E-state index contributed by atoms with van der Waals surface area (Å²) in [5.41, 5.74) is 0. The zero-order chi connectivity index (χ0) is 41.7. The van der Waals surface area contributed by atoms with E-state index in [1.54, 1.807) is 0 Å². The van der Waals surface area contributed by atoms with Crippen LogP contribution in [0.25, 0.3) is 0 Å². The topological polar surface area (TPSA) is 95.9 Å². The Balaban J connectivity index is 4.59. The number of unbranched alkanes of at least 4 members (excludes halogenated alkanes) is 28. The molecule has 0 fully saturated rings. The van der Waals surface area contributed by atoms with Crippen molar-refractivity contribution in [3.63, 3.8) is 0 Å². The molecule has 0 saturated carbocycles. The van der Waals surface area contributed by atoms with Gasteiger partial charge in [0.1, 0.15) is 6.10 Å². The number of hydrogen-bond donors (Lipinski definition) is 3. The van der Waals surface area contributed by atoms with Crippen molar-refractivity contribution in [2.45, 2.75) is 270 Å². The minimum Gasteiger partial charge on any atom is -0.462 e. The van der Waals surface area contributed by atoms with Gasteiger partial charge in [-0.25, -0.2) is 0 Å². The maximum Gasteiger partial charge on any atom is 0.306 e. The second-order valence-electron chi connectivity index (χ2n) is 16.9. The lowest BCUT2D eigenvalue weighted by Crippen LogP contribution is -2.46. The number of allylic oxidation sites excluding steroid dienone is 6. The van der Waals surface area contributed by atoms with Crippen LogP contribution in [0, 0.1) is 0 Å². The van der Waals surface area contributed by atoms with Gasteiger partial charge in [-0.05, 0) is 44.9 Å². The van der Waals surface area contributed by atoms with Gasteiger partial charge in [-0.2, -0.15) is 0 Å². The Hall–Kier alpha value is -1.92. The zero-order valence-electron chi connectivity index (χ0n) is 38.0. The summed E-state index contributed by atoms with van der Waals surface area (Å²) in [6.07, 6.45) is 52.0. The average Bonchev–Trinajstić information content (AvgIpc) is 3.20. The first kappa shape index (κ1) is 55.1. The van der Waals surface area contributed by atoms with E-state index in [2.05, 4.69) is 62.5 Å². The predicted molar refractivity (Wildman–Crippen MR) is 246 cm³/mol. The number of ether oxygens (including phenoxy) is 1. The maximum atomic E-state index is 13.2. The number of aliphatic hydroxyl groups is 2. The molecule has 0 spiro atoms. The second kappa shape index (κ2) is 45.2. The van der Waals surface area contributed by atoms with E-state index in [9.17, 15) is 19.8 Å². The number of carbonyl (C=O) groups excluding carboxylic acids is 2. The van der Waals surface area contributed by atoms with E-state index < -0.39 is 18.2 Å². The van der Waals surface area contributed by atoms with Crippen molar-refractivity contribution in [2.24, 2.45) is 0 Å². The molecule has 0 saturated heterocycles. The summed E-state index contributed by atoms with van der Waals surface area (Å²) in [7, 11) is 0. The highest BCUT2D eigenvalue weighted by Crippen LogP contribution is 2.18. The van der Waals surface area contributed by atoms with Crippen molar-refractivity contribution in [3.8, 4) is 0 Å². The SMILES string of the molecule is CC/C=C/C=C/C=C\CCCCCCCC(=O)OC(CCCCCCCCCCCCCCCCC)CC(=O)NC(CO)C(O)CCCCCCCCCCCC. The third-order valence-electron chi connectivity index (χ3n) is 11.3. The molecule has 1 amide bonds. The molecule has 0 aromatic heterocycles. The molecule has 0 heterocycles. The van der Waals surface area contributed by atoms with E-state index in [-0.39, 0.29) is 24.9 Å². The fraction of sp³-hybridized carbons (Fsp3) is 0.843. The number of hydrogen-bond acceptors (Lipinski definition) is 5. The van der Waals surface area contributed by atoms with Crippen LogP contribution in [0.5, 0.6) is 0 Å². The Morgan fingerprint density at radius 2 is 0.947 bits per heavy atom. The minimum absolute atomic E-state index is 0.0728. The Kier molecular flexibility index (Phi) is 43.6. The van der Waals surface area contributed by atoms with Crippen molar-refractivity contribution in [1.82, 2.24) is 5.32 Å². The van der Waals surface area contributed by atoms with E-state index in [0.29, 0.717) is 19.3 Å². The second-order valence-corrected chi connectivity index (χ2v) is 16.9. The van der Waals surface area contributed by atoms with Gasteiger partial charge in [0.15, 0.2) is 0 Å². The normalized spacial score (nSPS) is 13.6. The van der Waals surface area contributed by atoms with E-state index in [1.165, 1.54) is 128 Å². The fourth-order valence-electron chi connectivity index (χ4n) is 7.55. The molecule has 0 aliphatic rings. The Morgan fingerprint density at radius 3 is 1.42 bits per heavy atom. The van der Waals surface area contributed by atoms with Gasteiger partial charge in [-0.15, -0.1) is 0 Å². The van der Waals surface area contributed by atoms with Crippen molar-refractivity contribution in [2.75, 3.05) is 6.61 Å². The van der Waals surface area contributed by atoms with Crippen LogP contribution in [-0.2, 0) is 14.3 Å². The molecule has 0 rings (SSSR count). The van der Waals surface area contributed by atoms with E-state index >= 15 is 0 Å². The number of carbonyl (C=O) groups is 2. The van der Waals surface area contributed by atoms with Gasteiger partial charge >= 0.3 is 5.97 Å². The van der Waals surface area contributed by atoms with Gasteiger partial charge in [0, 0.05) is 6.42 Å². The average molecular weight is 802 g/mol. The highest BCUT2D eigenvalue weighted by atomic mass is 16.5. The molecule has 57 heavy (non-hydrogen) atoms. The van der Waals surface area contributed by atoms with E-state index in [0.717, 1.165) is 77.0 Å². The summed E-state index contributed by atoms with van der Waals surface area (Å²) in [6.45, 7) is 6.34. The fourth-order valence-corrected chi connectivity index (χ4v) is 7.55. The predicted octanol–water partition coefficient (Wildman–Crippen LogP) is 14.5. The standard InChI is InChI=1S/C51H95NO5/c1-4-7-10-13-16-19-22-24-25-27-28-30-33-36-39-42-47(57-51(56)44-41-38-35-32-29-26-23-20-17-14-11-8-5-2)45-50(55)52-48(46-53)49(54)43-40-37-34-31-21-18-15-12-9-6-3/h8,11,14,17,20,23,47-49,53-54H,4-7,9-10,12-13,15-16,18-19,21-22,24-46H2,1-3H3,(H,52,55)/b11-8+,17-14+,23-20-. The molecule has 3 unspecified atom stereocenters. The molecule has 6 nitrogen and oxygen atoms in total. The molecule has 3 atom stereocenters. The monoisotopic (exact) mass is 802 g/mol. The summed E-state index contributed by atoms with van der Waals surface area (Å²) in [5, 5.41) is 23.7. The third-order valence-corrected chi connectivity index (χ3v) is 11.3. The maximum absolute atomic E-state index is 13.2. The highest BCUT2D eigenvalue weighted by Gasteiger charge is 2.24. The lowest BCUT2D eigenvalue weighted by atomic mass is 10.0. The lowest BCUT2D eigenvalue weighted by molar-refractivity contribution is -0.151. The molecule has 0 aliphatic carbocycles. The first-order valence-corrected chi connectivity index (χ1v) is 24.7. The number of amides is 1. The molecule has 0 aromatic carbocycles. The summed E-state index contributed by atoms with van der Waals surface area (Å²) in [4.78, 5) is 26.1. The molecule has 334 valence electrons. The van der Waals surface area contributed by atoms with Gasteiger partial charge in [-0.1, -0.05) is 231 Å². The first-order valence-electron chi connectivity index (χ1n) is 24.7. The number of rotatable bonds is 44. The molecular weight excluding hydrogens is 707 g/mol. The van der Waals surface area contributed by atoms with Crippen LogP contribution in [0.1, 0.15) is 252 Å². The summed E-state index contributed by atoms with van der Waals surface area (Å²) < 4.78 is 5.92. The highest BCUT2D eigenvalue weighted by molar-refractivity contribution is 5.77. The number of aliphatic hydroxyl groups excluding tert-OH is 2. The van der Waals surface area contributed by atoms with E-state index in [4.69, 9.17) is 4.74 Å². The first-order chi connectivity index (χ1) is 28.0. The summed E-state index contributed by atoms with van der Waals surface area (Å²) >= 11 is 0. The van der Waals surface area contributed by atoms with E-state index in [1.807, 2.05) is 0 Å². The van der Waals surface area contributed by atoms with Crippen LogP contribution in [0.2, 0.25) is 0 Å². The Labute approximate surface area is 353 Å². The largest absolute Gasteiger partial charge is 0.462 e. The molecule has 0 radical (unpaired) electrons. The minimum atomic E-state index is -0.787.